The topological polar surface area (TPSA) is 78.7 Å². The van der Waals surface area contributed by atoms with Crippen LogP contribution in [0.3, 0.4) is 0 Å². The predicted molar refractivity (Wildman–Crippen MR) is 67.0 cm³/mol. The molecule has 0 saturated carbocycles. The van der Waals surface area contributed by atoms with E-state index in [9.17, 15) is 9.59 Å². The van der Waals surface area contributed by atoms with Crippen LogP contribution < -0.4 is 11.3 Å². The van der Waals surface area contributed by atoms with Crippen molar-refractivity contribution in [1.29, 1.82) is 0 Å². The Bertz CT molecular complexity index is 256. The Hall–Kier alpha value is -1.14. The first-order valence-electron chi connectivity index (χ1n) is 5.86. The van der Waals surface area contributed by atoms with Gasteiger partial charge in [0.1, 0.15) is 0 Å². The number of hydrazine groups is 1. The van der Waals surface area contributed by atoms with Crippen LogP contribution in [0.5, 0.6) is 0 Å². The molecule has 100 valence electrons. The highest BCUT2D eigenvalue weighted by molar-refractivity contribution is 5.77. The molecule has 0 aromatic carbocycles. The second-order valence-electron chi connectivity index (χ2n) is 4.31. The van der Waals surface area contributed by atoms with Crippen LogP contribution in [-0.2, 0) is 9.59 Å². The SMILES string of the molecule is CCN(CC(=O)N(C)C)C(C)CCC(=O)NN. The van der Waals surface area contributed by atoms with E-state index in [1.165, 1.54) is 0 Å². The maximum Gasteiger partial charge on any atom is 0.236 e. The maximum atomic E-state index is 11.6. The number of carbonyl (C=O) groups excluding carboxylic acids is 2. The van der Waals surface area contributed by atoms with E-state index in [1.54, 1.807) is 19.0 Å². The van der Waals surface area contributed by atoms with Gasteiger partial charge in [-0.1, -0.05) is 6.92 Å². The molecule has 0 heterocycles. The van der Waals surface area contributed by atoms with Gasteiger partial charge in [-0.15, -0.1) is 0 Å². The van der Waals surface area contributed by atoms with Crippen LogP contribution >= 0.6 is 0 Å². The molecule has 0 rings (SSSR count). The molecule has 0 spiro atoms. The van der Waals surface area contributed by atoms with Gasteiger partial charge >= 0.3 is 0 Å². The van der Waals surface area contributed by atoms with Crippen molar-refractivity contribution in [3.05, 3.63) is 0 Å². The summed E-state index contributed by atoms with van der Waals surface area (Å²) in [4.78, 5) is 26.2. The summed E-state index contributed by atoms with van der Waals surface area (Å²) in [6.45, 7) is 5.18. The minimum absolute atomic E-state index is 0.0713. The lowest BCUT2D eigenvalue weighted by molar-refractivity contribution is -0.130. The lowest BCUT2D eigenvalue weighted by Crippen LogP contribution is -2.42. The van der Waals surface area contributed by atoms with Gasteiger partial charge in [0.05, 0.1) is 6.54 Å². The van der Waals surface area contributed by atoms with Gasteiger partial charge in [-0.25, -0.2) is 5.84 Å². The quantitative estimate of drug-likeness (QED) is 0.361. The monoisotopic (exact) mass is 244 g/mol. The Kier molecular flexibility index (Phi) is 7.49. The normalized spacial score (nSPS) is 12.4. The zero-order valence-corrected chi connectivity index (χ0v) is 11.2. The average molecular weight is 244 g/mol. The van der Waals surface area contributed by atoms with Gasteiger partial charge in [-0.3, -0.25) is 19.9 Å². The largest absolute Gasteiger partial charge is 0.348 e. The molecule has 0 bridgehead atoms. The molecule has 0 aliphatic rings. The van der Waals surface area contributed by atoms with Crippen LogP contribution in [0.4, 0.5) is 0 Å². The Labute approximate surface area is 103 Å². The minimum Gasteiger partial charge on any atom is -0.348 e. The molecule has 0 saturated heterocycles. The number of hydrogen-bond donors (Lipinski definition) is 2. The van der Waals surface area contributed by atoms with E-state index < -0.39 is 0 Å². The van der Waals surface area contributed by atoms with Gasteiger partial charge < -0.3 is 4.90 Å². The number of nitrogens with one attached hydrogen (secondary N) is 1. The van der Waals surface area contributed by atoms with Crippen molar-refractivity contribution in [3.63, 3.8) is 0 Å². The first kappa shape index (κ1) is 15.9. The third-order valence-electron chi connectivity index (χ3n) is 2.82. The Morgan fingerprint density at radius 3 is 2.35 bits per heavy atom. The van der Waals surface area contributed by atoms with E-state index in [4.69, 9.17) is 5.84 Å². The van der Waals surface area contributed by atoms with E-state index in [0.717, 1.165) is 6.54 Å². The molecule has 0 aliphatic heterocycles. The van der Waals surface area contributed by atoms with E-state index in [1.807, 2.05) is 18.7 Å². The van der Waals surface area contributed by atoms with E-state index >= 15 is 0 Å². The number of nitrogens with zero attached hydrogens (tertiary/aromatic N) is 2. The van der Waals surface area contributed by atoms with Crippen LogP contribution in [0.1, 0.15) is 26.7 Å². The lowest BCUT2D eigenvalue weighted by Gasteiger charge is -2.28. The summed E-state index contributed by atoms with van der Waals surface area (Å²) in [5.74, 6) is 4.91. The first-order chi connectivity index (χ1) is 7.92. The second kappa shape index (κ2) is 8.03. The molecular weight excluding hydrogens is 220 g/mol. The molecule has 6 nitrogen and oxygen atoms in total. The van der Waals surface area contributed by atoms with Crippen LogP contribution in [0, 0.1) is 0 Å². The van der Waals surface area contributed by atoms with Crippen molar-refractivity contribution in [2.75, 3.05) is 27.2 Å². The van der Waals surface area contributed by atoms with Crippen molar-refractivity contribution in [1.82, 2.24) is 15.2 Å². The van der Waals surface area contributed by atoms with Crippen molar-refractivity contribution < 1.29 is 9.59 Å². The summed E-state index contributed by atoms with van der Waals surface area (Å²) in [7, 11) is 3.48. The molecule has 3 N–H and O–H groups in total. The number of likely N-dealkylation sites (N-methyl/N-ethyl adjacent to an activating group) is 2. The van der Waals surface area contributed by atoms with Gasteiger partial charge in [0, 0.05) is 26.6 Å². The summed E-state index contributed by atoms with van der Waals surface area (Å²) < 4.78 is 0. The number of rotatable bonds is 7. The summed E-state index contributed by atoms with van der Waals surface area (Å²) in [6.07, 6.45) is 1.07. The molecule has 2 amide bonds. The Balaban J connectivity index is 4.16. The highest BCUT2D eigenvalue weighted by atomic mass is 16.2. The molecule has 0 aromatic rings. The fourth-order valence-electron chi connectivity index (χ4n) is 1.49. The predicted octanol–water partition coefficient (Wildman–Crippen LogP) is -0.445. The second-order valence-corrected chi connectivity index (χ2v) is 4.31. The van der Waals surface area contributed by atoms with E-state index in [2.05, 4.69) is 5.43 Å². The molecule has 6 heteroatoms. The summed E-state index contributed by atoms with van der Waals surface area (Å²) in [5.41, 5.74) is 2.10. The van der Waals surface area contributed by atoms with Crippen molar-refractivity contribution >= 4 is 11.8 Å². The number of hydrogen-bond acceptors (Lipinski definition) is 4. The molecule has 17 heavy (non-hydrogen) atoms. The van der Waals surface area contributed by atoms with Crippen LogP contribution in [0.15, 0.2) is 0 Å². The van der Waals surface area contributed by atoms with Crippen LogP contribution in [0.25, 0.3) is 0 Å². The molecular formula is C11H24N4O2. The highest BCUT2D eigenvalue weighted by Gasteiger charge is 2.17. The molecule has 0 radical (unpaired) electrons. The number of carbonyl (C=O) groups is 2. The van der Waals surface area contributed by atoms with E-state index in [0.29, 0.717) is 19.4 Å². The van der Waals surface area contributed by atoms with Crippen molar-refractivity contribution in [2.45, 2.75) is 32.7 Å². The third-order valence-corrected chi connectivity index (χ3v) is 2.82. The zero-order chi connectivity index (χ0) is 13.4. The third kappa shape index (κ3) is 6.23. The molecule has 0 aliphatic carbocycles. The summed E-state index contributed by atoms with van der Waals surface area (Å²) in [6, 6.07) is 0.182. The minimum atomic E-state index is -0.174. The summed E-state index contributed by atoms with van der Waals surface area (Å²) in [5, 5.41) is 0. The molecule has 0 fully saturated rings. The van der Waals surface area contributed by atoms with Crippen molar-refractivity contribution in [2.24, 2.45) is 5.84 Å². The lowest BCUT2D eigenvalue weighted by atomic mass is 10.1. The van der Waals surface area contributed by atoms with E-state index in [-0.39, 0.29) is 17.9 Å². The fraction of sp³-hybridized carbons (Fsp3) is 0.818. The molecule has 1 unspecified atom stereocenters. The highest BCUT2D eigenvalue weighted by Crippen LogP contribution is 2.06. The van der Waals surface area contributed by atoms with Gasteiger partial charge in [-0.2, -0.15) is 0 Å². The number of amides is 2. The Morgan fingerprint density at radius 1 is 1.35 bits per heavy atom. The summed E-state index contributed by atoms with van der Waals surface area (Å²) >= 11 is 0. The van der Waals surface area contributed by atoms with Gasteiger partial charge in [-0.05, 0) is 19.9 Å². The maximum absolute atomic E-state index is 11.6. The first-order valence-corrected chi connectivity index (χ1v) is 5.86. The van der Waals surface area contributed by atoms with Gasteiger partial charge in [0.15, 0.2) is 0 Å². The van der Waals surface area contributed by atoms with Crippen molar-refractivity contribution in [3.8, 4) is 0 Å². The fourth-order valence-corrected chi connectivity index (χ4v) is 1.49. The molecule has 1 atom stereocenters. The Morgan fingerprint density at radius 2 is 1.94 bits per heavy atom. The van der Waals surface area contributed by atoms with Gasteiger partial charge in [0.2, 0.25) is 11.8 Å². The van der Waals surface area contributed by atoms with Gasteiger partial charge in [0.25, 0.3) is 0 Å². The standard InChI is InChI=1S/C11H24N4O2/c1-5-15(8-11(17)14(3)4)9(2)6-7-10(16)13-12/h9H,5-8,12H2,1-4H3,(H,13,16). The average Bonchev–Trinajstić information content (AvgIpc) is 2.31. The number of nitrogens with two attached hydrogens (primary N) is 1. The smallest absolute Gasteiger partial charge is 0.236 e. The van der Waals surface area contributed by atoms with Crippen LogP contribution in [0.2, 0.25) is 0 Å². The van der Waals surface area contributed by atoms with Crippen LogP contribution in [-0.4, -0.2) is 54.8 Å². The molecule has 0 aromatic heterocycles. The zero-order valence-electron chi connectivity index (χ0n) is 11.2.